The summed E-state index contributed by atoms with van der Waals surface area (Å²) in [5.41, 5.74) is 0.386. The fourth-order valence-electron chi connectivity index (χ4n) is 2.05. The Labute approximate surface area is 134 Å². The molecule has 0 aliphatic carbocycles. The van der Waals surface area contributed by atoms with E-state index >= 15 is 0 Å². The lowest BCUT2D eigenvalue weighted by molar-refractivity contribution is -0.385. The summed E-state index contributed by atoms with van der Waals surface area (Å²) < 4.78 is 4.87. The molecule has 0 spiro atoms. The summed E-state index contributed by atoms with van der Waals surface area (Å²) in [5, 5.41) is 13.6. The summed E-state index contributed by atoms with van der Waals surface area (Å²) >= 11 is 0. The number of nitro groups is 1. The average Bonchev–Trinajstić information content (AvgIpc) is 2.50. The van der Waals surface area contributed by atoms with Gasteiger partial charge in [0.05, 0.1) is 11.5 Å². The smallest absolute Gasteiger partial charge is 0.273 e. The Hall–Kier alpha value is -2.48. The van der Waals surface area contributed by atoms with Crippen LogP contribution in [0.15, 0.2) is 18.2 Å². The van der Waals surface area contributed by atoms with Crippen LogP contribution in [0.5, 0.6) is 0 Å². The highest BCUT2D eigenvalue weighted by molar-refractivity contribution is 5.98. The van der Waals surface area contributed by atoms with Crippen molar-refractivity contribution in [2.24, 2.45) is 0 Å². The van der Waals surface area contributed by atoms with E-state index in [1.807, 2.05) is 0 Å². The van der Waals surface area contributed by atoms with E-state index in [2.05, 4.69) is 5.32 Å². The van der Waals surface area contributed by atoms with E-state index in [4.69, 9.17) is 4.74 Å². The van der Waals surface area contributed by atoms with Crippen molar-refractivity contribution in [3.63, 3.8) is 0 Å². The summed E-state index contributed by atoms with van der Waals surface area (Å²) in [6, 6.07) is 4.31. The van der Waals surface area contributed by atoms with E-state index in [0.717, 1.165) is 0 Å². The molecule has 1 N–H and O–H groups in total. The Morgan fingerprint density at radius 1 is 1.39 bits per heavy atom. The van der Waals surface area contributed by atoms with Crippen LogP contribution in [0.3, 0.4) is 0 Å². The Morgan fingerprint density at radius 2 is 2.09 bits per heavy atom. The lowest BCUT2D eigenvalue weighted by Crippen LogP contribution is -2.39. The van der Waals surface area contributed by atoms with Crippen molar-refractivity contribution < 1.29 is 19.2 Å². The molecule has 0 heterocycles. The number of carbonyl (C=O) groups excluding carboxylic acids is 2. The number of rotatable bonds is 8. The minimum Gasteiger partial charge on any atom is -0.385 e. The number of nitrogens with one attached hydrogen (secondary N) is 1. The van der Waals surface area contributed by atoms with Crippen LogP contribution >= 0.6 is 0 Å². The SMILES string of the molecule is COCCCNC(=O)CN(C)C(=O)c1cccc([N+](=O)[O-])c1C. The van der Waals surface area contributed by atoms with Crippen molar-refractivity contribution in [2.45, 2.75) is 13.3 Å². The maximum atomic E-state index is 12.4. The molecule has 1 aromatic rings. The molecule has 1 rings (SSSR count). The van der Waals surface area contributed by atoms with Crippen LogP contribution in [0, 0.1) is 17.0 Å². The van der Waals surface area contributed by atoms with Crippen LogP contribution in [0.4, 0.5) is 5.69 Å². The van der Waals surface area contributed by atoms with E-state index in [0.29, 0.717) is 19.6 Å². The average molecular weight is 323 g/mol. The van der Waals surface area contributed by atoms with Crippen molar-refractivity contribution in [3.05, 3.63) is 39.4 Å². The third kappa shape index (κ3) is 5.33. The second-order valence-electron chi connectivity index (χ2n) is 5.06. The number of nitro benzene ring substituents is 1. The molecule has 0 aromatic heterocycles. The predicted molar refractivity (Wildman–Crippen MR) is 84.3 cm³/mol. The number of ether oxygens (including phenoxy) is 1. The Bertz CT molecular complexity index is 588. The lowest BCUT2D eigenvalue weighted by atomic mass is 10.1. The van der Waals surface area contributed by atoms with E-state index in [1.165, 1.54) is 37.1 Å². The zero-order chi connectivity index (χ0) is 17.4. The molecule has 0 radical (unpaired) electrons. The molecular weight excluding hydrogens is 302 g/mol. The molecule has 0 aliphatic heterocycles. The van der Waals surface area contributed by atoms with Crippen LogP contribution in [0.25, 0.3) is 0 Å². The van der Waals surface area contributed by atoms with Gasteiger partial charge in [-0.1, -0.05) is 6.07 Å². The van der Waals surface area contributed by atoms with Crippen molar-refractivity contribution in [1.82, 2.24) is 10.2 Å². The normalized spacial score (nSPS) is 10.2. The van der Waals surface area contributed by atoms with Gasteiger partial charge in [-0.2, -0.15) is 0 Å². The first-order valence-electron chi connectivity index (χ1n) is 7.13. The van der Waals surface area contributed by atoms with Gasteiger partial charge in [0.15, 0.2) is 0 Å². The molecule has 23 heavy (non-hydrogen) atoms. The minimum absolute atomic E-state index is 0.117. The zero-order valence-corrected chi connectivity index (χ0v) is 13.5. The van der Waals surface area contributed by atoms with Gasteiger partial charge in [-0.15, -0.1) is 0 Å². The number of nitrogens with zero attached hydrogens (tertiary/aromatic N) is 2. The summed E-state index contributed by atoms with van der Waals surface area (Å²) in [4.78, 5) is 35.7. The molecule has 0 saturated carbocycles. The maximum absolute atomic E-state index is 12.4. The molecule has 0 atom stereocenters. The van der Waals surface area contributed by atoms with E-state index in [9.17, 15) is 19.7 Å². The van der Waals surface area contributed by atoms with Crippen LogP contribution in [-0.2, 0) is 9.53 Å². The number of carbonyl (C=O) groups is 2. The van der Waals surface area contributed by atoms with Crippen molar-refractivity contribution in [2.75, 3.05) is 33.9 Å². The molecule has 0 aliphatic rings. The minimum atomic E-state index is -0.533. The van der Waals surface area contributed by atoms with Gasteiger partial charge in [-0.05, 0) is 19.4 Å². The van der Waals surface area contributed by atoms with Gasteiger partial charge in [0.25, 0.3) is 11.6 Å². The lowest BCUT2D eigenvalue weighted by Gasteiger charge is -2.18. The molecule has 0 unspecified atom stereocenters. The van der Waals surface area contributed by atoms with Gasteiger partial charge in [-0.25, -0.2) is 0 Å². The van der Waals surface area contributed by atoms with Gasteiger partial charge in [0, 0.05) is 44.5 Å². The number of amides is 2. The maximum Gasteiger partial charge on any atom is 0.273 e. The molecule has 0 bridgehead atoms. The first kappa shape index (κ1) is 18.6. The van der Waals surface area contributed by atoms with Crippen LogP contribution in [0.2, 0.25) is 0 Å². The second-order valence-corrected chi connectivity index (χ2v) is 5.06. The van der Waals surface area contributed by atoms with E-state index in [-0.39, 0.29) is 29.3 Å². The molecule has 0 saturated heterocycles. The molecule has 0 fully saturated rings. The monoisotopic (exact) mass is 323 g/mol. The predicted octanol–water partition coefficient (Wildman–Crippen LogP) is 1.13. The van der Waals surface area contributed by atoms with Crippen molar-refractivity contribution in [1.29, 1.82) is 0 Å². The van der Waals surface area contributed by atoms with Crippen LogP contribution in [-0.4, -0.2) is 55.5 Å². The van der Waals surface area contributed by atoms with Crippen molar-refractivity contribution in [3.8, 4) is 0 Å². The van der Waals surface area contributed by atoms with E-state index < -0.39 is 10.8 Å². The van der Waals surface area contributed by atoms with E-state index in [1.54, 1.807) is 7.11 Å². The highest BCUT2D eigenvalue weighted by atomic mass is 16.6. The number of methoxy groups -OCH3 is 1. The Kier molecular flexibility index (Phi) is 7.14. The first-order valence-corrected chi connectivity index (χ1v) is 7.13. The van der Waals surface area contributed by atoms with Gasteiger partial charge in [-0.3, -0.25) is 19.7 Å². The number of benzene rings is 1. The molecule has 8 nitrogen and oxygen atoms in total. The third-order valence-electron chi connectivity index (χ3n) is 3.31. The first-order chi connectivity index (χ1) is 10.9. The van der Waals surface area contributed by atoms with Crippen molar-refractivity contribution >= 4 is 17.5 Å². The fraction of sp³-hybridized carbons (Fsp3) is 0.467. The van der Waals surface area contributed by atoms with Gasteiger partial charge >= 0.3 is 0 Å². The fourth-order valence-corrected chi connectivity index (χ4v) is 2.05. The molecule has 8 heteroatoms. The molecule has 126 valence electrons. The van der Waals surface area contributed by atoms with Crippen LogP contribution < -0.4 is 5.32 Å². The molecule has 2 amide bonds. The summed E-state index contributed by atoms with van der Waals surface area (Å²) in [5.74, 6) is -0.724. The summed E-state index contributed by atoms with van der Waals surface area (Å²) in [6.45, 7) is 2.41. The molecule has 1 aromatic carbocycles. The Balaban J connectivity index is 2.68. The number of likely N-dealkylation sites (N-methyl/N-ethyl adjacent to an activating group) is 1. The Morgan fingerprint density at radius 3 is 2.70 bits per heavy atom. The number of hydrogen-bond acceptors (Lipinski definition) is 5. The zero-order valence-electron chi connectivity index (χ0n) is 13.5. The third-order valence-corrected chi connectivity index (χ3v) is 3.31. The molecular formula is C15H21N3O5. The van der Waals surface area contributed by atoms with Gasteiger partial charge in [0.2, 0.25) is 5.91 Å². The summed E-state index contributed by atoms with van der Waals surface area (Å²) in [6.07, 6.45) is 0.684. The highest BCUT2D eigenvalue weighted by Gasteiger charge is 2.21. The second kappa shape index (κ2) is 8.84. The standard InChI is InChI=1S/C15H21N3O5/c1-11-12(6-4-7-13(11)18(21)22)15(20)17(2)10-14(19)16-8-5-9-23-3/h4,6-7H,5,8-10H2,1-3H3,(H,16,19). The topological polar surface area (TPSA) is 102 Å². The van der Waals surface area contributed by atoms with Gasteiger partial charge in [0.1, 0.15) is 0 Å². The highest BCUT2D eigenvalue weighted by Crippen LogP contribution is 2.21. The summed E-state index contributed by atoms with van der Waals surface area (Å²) in [7, 11) is 3.06. The number of hydrogen-bond donors (Lipinski definition) is 1. The largest absolute Gasteiger partial charge is 0.385 e. The van der Waals surface area contributed by atoms with Crippen LogP contribution in [0.1, 0.15) is 22.3 Å². The van der Waals surface area contributed by atoms with Gasteiger partial charge < -0.3 is 15.0 Å². The quantitative estimate of drug-likeness (QED) is 0.439.